The molecule has 0 bridgehead atoms. The summed E-state index contributed by atoms with van der Waals surface area (Å²) in [6, 6.07) is 44.3. The van der Waals surface area contributed by atoms with Gasteiger partial charge >= 0.3 is 0 Å². The van der Waals surface area contributed by atoms with Crippen LogP contribution >= 0.6 is 11.8 Å². The lowest BCUT2D eigenvalue weighted by Gasteiger charge is -2.28. The fourth-order valence-corrected chi connectivity index (χ4v) is 7.24. The molecule has 1 atom stereocenters. The van der Waals surface area contributed by atoms with Gasteiger partial charge in [-0.15, -0.1) is 0 Å². The van der Waals surface area contributed by atoms with E-state index in [1.54, 1.807) is 36.1 Å². The van der Waals surface area contributed by atoms with E-state index < -0.39 is 17.1 Å². The fraction of sp³-hybridized carbons (Fsp3) is 0.0952. The Morgan fingerprint density at radius 3 is 2.00 bits per heavy atom. The van der Waals surface area contributed by atoms with Crippen LogP contribution in [0.5, 0.6) is 5.75 Å². The van der Waals surface area contributed by atoms with Crippen LogP contribution in [0.1, 0.15) is 28.0 Å². The summed E-state index contributed by atoms with van der Waals surface area (Å²) in [5, 5.41) is 11.0. The molecular formula is C42H32N6O3S. The smallest absolute Gasteiger partial charge is 0.281 e. The zero-order chi connectivity index (χ0) is 35.6. The van der Waals surface area contributed by atoms with Gasteiger partial charge in [0.2, 0.25) is 0 Å². The first-order valence-corrected chi connectivity index (χ1v) is 17.7. The van der Waals surface area contributed by atoms with E-state index in [1.807, 2.05) is 110 Å². The Kier molecular flexibility index (Phi) is 8.88. The van der Waals surface area contributed by atoms with Crippen LogP contribution < -0.4 is 4.74 Å². The molecule has 8 rings (SSSR count). The van der Waals surface area contributed by atoms with Gasteiger partial charge in [-0.3, -0.25) is 9.59 Å². The number of hydrogen-bond donors (Lipinski definition) is 0. The molecule has 1 aliphatic heterocycles. The van der Waals surface area contributed by atoms with Crippen molar-refractivity contribution >= 4 is 40.3 Å². The third-order valence-corrected chi connectivity index (χ3v) is 9.96. The van der Waals surface area contributed by atoms with Crippen LogP contribution in [0.4, 0.5) is 0 Å². The minimum absolute atomic E-state index is 0.267. The van der Waals surface area contributed by atoms with Crippen molar-refractivity contribution < 1.29 is 14.3 Å². The Bertz CT molecular complexity index is 2430. The van der Waals surface area contributed by atoms with Gasteiger partial charge in [0, 0.05) is 17.5 Å². The number of imide groups is 1. The molecule has 9 nitrogen and oxygen atoms in total. The van der Waals surface area contributed by atoms with Crippen LogP contribution in [0, 0.1) is 6.92 Å². The Labute approximate surface area is 304 Å². The van der Waals surface area contributed by atoms with E-state index in [2.05, 4.69) is 17.2 Å². The van der Waals surface area contributed by atoms with Gasteiger partial charge in [-0.05, 0) is 72.1 Å². The molecule has 0 spiro atoms. The van der Waals surface area contributed by atoms with Gasteiger partial charge in [0.1, 0.15) is 5.75 Å². The van der Waals surface area contributed by atoms with Gasteiger partial charge in [0.25, 0.3) is 11.8 Å². The number of thioether (sulfide) groups is 1. The molecule has 2 amide bonds. The molecule has 0 saturated heterocycles. The first-order chi connectivity index (χ1) is 25.5. The maximum Gasteiger partial charge on any atom is 0.281 e. The number of carbonyl (C=O) groups excluding carboxylic acids is 2. The average Bonchev–Trinajstić information content (AvgIpc) is 3.55. The molecule has 254 valence electrons. The second-order valence-electron chi connectivity index (χ2n) is 12.2. The lowest BCUT2D eigenvalue weighted by Crippen LogP contribution is -2.44. The van der Waals surface area contributed by atoms with Crippen molar-refractivity contribution in [2.24, 2.45) is 5.10 Å². The Morgan fingerprint density at radius 2 is 1.33 bits per heavy atom. The summed E-state index contributed by atoms with van der Waals surface area (Å²) >= 11 is 1.22. The van der Waals surface area contributed by atoms with E-state index in [1.165, 1.54) is 11.8 Å². The summed E-state index contributed by atoms with van der Waals surface area (Å²) in [4.78, 5) is 38.1. The number of para-hydroxylation sites is 1. The predicted octanol–water partition coefficient (Wildman–Crippen LogP) is 8.40. The quantitative estimate of drug-likeness (QED) is 0.116. The minimum Gasteiger partial charge on any atom is -0.497 e. The third-order valence-electron chi connectivity index (χ3n) is 8.92. The van der Waals surface area contributed by atoms with Gasteiger partial charge in [-0.2, -0.15) is 15.2 Å². The van der Waals surface area contributed by atoms with Gasteiger partial charge in [0.05, 0.1) is 40.5 Å². The van der Waals surface area contributed by atoms with Crippen LogP contribution in [0.2, 0.25) is 0 Å². The van der Waals surface area contributed by atoms with E-state index in [4.69, 9.17) is 19.8 Å². The maximum absolute atomic E-state index is 14.2. The number of amides is 2. The number of aromatic nitrogens is 4. The molecule has 0 N–H and O–H groups in total. The molecule has 3 heterocycles. The number of nitrogens with zero attached hydrogens (tertiary/aromatic N) is 6. The second kappa shape index (κ2) is 14.1. The van der Waals surface area contributed by atoms with Crippen molar-refractivity contribution in [3.05, 3.63) is 156 Å². The molecule has 10 heteroatoms. The standard InChI is InChI=1S/C42H32N6O3S/c1-27-37-38(31-22-24-34(51-2)25-23-31)43-42(44-39(37)47(45-27)33-16-10-5-11-17-33)52-36-26-35(30-20-18-29(19-21-30)28-12-6-3-7-13-28)46-48(41(36)50)40(49)32-14-8-4-9-15-32/h3-25,36H,26H2,1-2H3. The lowest BCUT2D eigenvalue weighted by molar-refractivity contribution is -0.128. The minimum atomic E-state index is -0.746. The molecule has 0 fully saturated rings. The first-order valence-electron chi connectivity index (χ1n) is 16.8. The van der Waals surface area contributed by atoms with Crippen LogP contribution in [-0.4, -0.2) is 54.6 Å². The monoisotopic (exact) mass is 700 g/mol. The first kappa shape index (κ1) is 32.8. The van der Waals surface area contributed by atoms with Crippen molar-refractivity contribution in [1.82, 2.24) is 24.8 Å². The Morgan fingerprint density at radius 1 is 0.731 bits per heavy atom. The van der Waals surface area contributed by atoms with Crippen molar-refractivity contribution in [1.29, 1.82) is 0 Å². The number of fused-ring (bicyclic) bond motifs is 1. The van der Waals surface area contributed by atoms with E-state index in [-0.39, 0.29) is 6.42 Å². The summed E-state index contributed by atoms with van der Waals surface area (Å²) in [6.07, 6.45) is 0.267. The molecular weight excluding hydrogens is 669 g/mol. The zero-order valence-corrected chi connectivity index (χ0v) is 29.2. The van der Waals surface area contributed by atoms with Gasteiger partial charge in [0.15, 0.2) is 10.8 Å². The number of ether oxygens (including phenoxy) is 1. The maximum atomic E-state index is 14.2. The Balaban J connectivity index is 1.22. The van der Waals surface area contributed by atoms with E-state index in [0.717, 1.165) is 49.8 Å². The normalized spacial score (nSPS) is 14.3. The van der Waals surface area contributed by atoms with Gasteiger partial charge < -0.3 is 4.74 Å². The highest BCUT2D eigenvalue weighted by atomic mass is 32.2. The number of aryl methyl sites for hydroxylation is 1. The highest BCUT2D eigenvalue weighted by Crippen LogP contribution is 2.36. The van der Waals surface area contributed by atoms with Gasteiger partial charge in [-0.1, -0.05) is 103 Å². The van der Waals surface area contributed by atoms with Crippen molar-refractivity contribution in [3.63, 3.8) is 0 Å². The van der Waals surface area contributed by atoms with E-state index >= 15 is 0 Å². The lowest BCUT2D eigenvalue weighted by atomic mass is 9.99. The summed E-state index contributed by atoms with van der Waals surface area (Å²) in [6.45, 7) is 1.94. The largest absolute Gasteiger partial charge is 0.497 e. The highest BCUT2D eigenvalue weighted by Gasteiger charge is 2.37. The van der Waals surface area contributed by atoms with Gasteiger partial charge in [-0.25, -0.2) is 14.6 Å². The molecule has 2 aromatic heterocycles. The predicted molar refractivity (Wildman–Crippen MR) is 204 cm³/mol. The number of hydrazone groups is 1. The topological polar surface area (TPSA) is 103 Å². The van der Waals surface area contributed by atoms with Crippen molar-refractivity contribution in [2.45, 2.75) is 23.8 Å². The van der Waals surface area contributed by atoms with Crippen LogP contribution in [0.3, 0.4) is 0 Å². The number of carbonyl (C=O) groups is 2. The highest BCUT2D eigenvalue weighted by molar-refractivity contribution is 8.00. The number of methoxy groups -OCH3 is 1. The molecule has 1 aliphatic rings. The average molecular weight is 701 g/mol. The molecule has 52 heavy (non-hydrogen) atoms. The SMILES string of the molecule is COc1ccc(-c2nc(SC3CC(c4ccc(-c5ccccc5)cc4)=NN(C(=O)c4ccccc4)C3=O)nc3c2c(C)nn3-c2ccccc2)cc1. The molecule has 0 saturated carbocycles. The van der Waals surface area contributed by atoms with Crippen molar-refractivity contribution in [2.75, 3.05) is 7.11 Å². The Hall–Kier alpha value is -6.39. The summed E-state index contributed by atoms with van der Waals surface area (Å²) in [7, 11) is 1.63. The molecule has 7 aromatic rings. The van der Waals surface area contributed by atoms with Crippen LogP contribution in [0.25, 0.3) is 39.1 Å². The summed E-state index contributed by atoms with van der Waals surface area (Å²) in [5.74, 6) is -0.215. The number of hydrogen-bond acceptors (Lipinski definition) is 8. The summed E-state index contributed by atoms with van der Waals surface area (Å²) in [5.41, 5.74) is 7.69. The molecule has 0 aliphatic carbocycles. The van der Waals surface area contributed by atoms with Crippen molar-refractivity contribution in [3.8, 4) is 33.8 Å². The van der Waals surface area contributed by atoms with E-state index in [0.29, 0.717) is 27.8 Å². The second-order valence-corrected chi connectivity index (χ2v) is 13.4. The van der Waals surface area contributed by atoms with Crippen LogP contribution in [-0.2, 0) is 4.79 Å². The van der Waals surface area contributed by atoms with Crippen LogP contribution in [0.15, 0.2) is 150 Å². The van der Waals surface area contributed by atoms with E-state index in [9.17, 15) is 9.59 Å². The fourth-order valence-electron chi connectivity index (χ4n) is 6.26. The number of benzene rings is 5. The number of rotatable bonds is 8. The summed E-state index contributed by atoms with van der Waals surface area (Å²) < 4.78 is 7.22. The molecule has 0 radical (unpaired) electrons. The zero-order valence-electron chi connectivity index (χ0n) is 28.4. The molecule has 5 aromatic carbocycles. The third kappa shape index (κ3) is 6.36. The molecule has 1 unspecified atom stereocenters.